The molecule has 0 unspecified atom stereocenters. The minimum atomic E-state index is 0. The van der Waals surface area contributed by atoms with Gasteiger partial charge >= 0.3 is 0 Å². The molecule has 5 heavy (non-hydrogen) atoms. The first-order valence-corrected chi connectivity index (χ1v) is 0. The van der Waals surface area contributed by atoms with Crippen molar-refractivity contribution in [1.29, 1.82) is 0 Å². The molecular weight excluding hydrogens is 547 g/mol. The Hall–Kier alpha value is 4.56. The molecule has 5 heteroatoms. The second-order valence-electron chi connectivity index (χ2n) is 0. The van der Waals surface area contributed by atoms with Gasteiger partial charge in [-0.15, -0.1) is 95.9 Å². The molecule has 0 heterocycles. The van der Waals surface area contributed by atoms with Gasteiger partial charge in [0.25, 0.3) is 0 Å². The Morgan fingerprint density at radius 2 is 0.400 bits per heavy atom. The van der Waals surface area contributed by atoms with E-state index in [2.05, 4.69) is 0 Å². The predicted molar refractivity (Wildman–Crippen MR) is 67.4 cm³/mol. The average molecular weight is 551 g/mol. The second kappa shape index (κ2) is 23.5. The van der Waals surface area contributed by atoms with Gasteiger partial charge in [0, 0.05) is 51.4 Å². The summed E-state index contributed by atoms with van der Waals surface area (Å²) >= 11 is 0. The molecule has 0 atom stereocenters. The van der Waals surface area contributed by atoms with E-state index in [1.165, 1.54) is 0 Å². The molecule has 0 bridgehead atoms. The van der Waals surface area contributed by atoms with Crippen molar-refractivity contribution >= 4 is 147 Å². The minimum absolute atomic E-state index is 0. The van der Waals surface area contributed by atoms with Gasteiger partial charge in [0.15, 0.2) is 0 Å². The number of hydrogen-bond donors (Lipinski definition) is 0. The molecule has 0 aliphatic carbocycles. The van der Waals surface area contributed by atoms with Crippen LogP contribution in [0.25, 0.3) is 0 Å². The summed E-state index contributed by atoms with van der Waals surface area (Å²) in [6.07, 6.45) is 0. The van der Waals surface area contributed by atoms with Gasteiger partial charge < -0.3 is 0 Å². The maximum atomic E-state index is 0. The summed E-state index contributed by atoms with van der Waals surface area (Å²) in [6.45, 7) is 0. The van der Waals surface area contributed by atoms with Crippen molar-refractivity contribution in [2.75, 3.05) is 0 Å². The van der Waals surface area contributed by atoms with Crippen molar-refractivity contribution in [3.63, 3.8) is 0 Å². The zero-order chi connectivity index (χ0) is 0. The number of hydrogen-bond acceptors (Lipinski definition) is 0. The fourth-order valence-corrected chi connectivity index (χ4v) is 0. The minimum Gasteiger partial charge on any atom is -0.107 e. The van der Waals surface area contributed by atoms with Gasteiger partial charge in [-0.1, -0.05) is 0 Å². The molecule has 0 spiro atoms. The van der Waals surface area contributed by atoms with Crippen molar-refractivity contribution in [1.82, 2.24) is 0 Å². The zero-order valence-electron chi connectivity index (χ0n) is 2.63. The summed E-state index contributed by atoms with van der Waals surface area (Å²) in [6, 6.07) is 0. The van der Waals surface area contributed by atoms with Crippen LogP contribution in [-0.2, 0) is 0 Å². The van der Waals surface area contributed by atoms with Crippen LogP contribution in [0, 0.1) is 0 Å². The van der Waals surface area contributed by atoms with Crippen molar-refractivity contribution in [3.8, 4) is 0 Å². The van der Waals surface area contributed by atoms with E-state index in [4.69, 9.17) is 0 Å². The Labute approximate surface area is 143 Å². The van der Waals surface area contributed by atoms with Crippen LogP contribution in [-0.4, -0.2) is 51.4 Å². The molecule has 0 fully saturated rings. The van der Waals surface area contributed by atoms with Crippen molar-refractivity contribution in [2.24, 2.45) is 0 Å². The van der Waals surface area contributed by atoms with Crippen LogP contribution < -0.4 is 0 Å². The van der Waals surface area contributed by atoms with E-state index in [1.54, 1.807) is 0 Å². The topological polar surface area (TPSA) is 0 Å². The molecular formula is H4I4K. The van der Waals surface area contributed by atoms with Crippen LogP contribution in [0.1, 0.15) is 0 Å². The summed E-state index contributed by atoms with van der Waals surface area (Å²) < 4.78 is 0. The van der Waals surface area contributed by atoms with Gasteiger partial charge in [0.05, 0.1) is 0 Å². The molecule has 0 rings (SSSR count). The standard InChI is InChI=1S/4HI.K/h4*1H;. The number of halogens is 4. The van der Waals surface area contributed by atoms with Gasteiger partial charge in [-0.2, -0.15) is 0 Å². The molecule has 0 nitrogen and oxygen atoms in total. The monoisotopic (exact) mass is 551 g/mol. The third kappa shape index (κ3) is 17.7. The van der Waals surface area contributed by atoms with Crippen LogP contribution in [0.2, 0.25) is 0 Å². The molecule has 0 aromatic rings. The summed E-state index contributed by atoms with van der Waals surface area (Å²) in [5, 5.41) is 0. The van der Waals surface area contributed by atoms with Gasteiger partial charge in [-0.05, 0) is 0 Å². The Kier molecular flexibility index (Phi) is 159. The van der Waals surface area contributed by atoms with Gasteiger partial charge in [0.2, 0.25) is 0 Å². The van der Waals surface area contributed by atoms with Gasteiger partial charge in [0.1, 0.15) is 0 Å². The Balaban J connectivity index is 0. The summed E-state index contributed by atoms with van der Waals surface area (Å²) in [4.78, 5) is 0. The van der Waals surface area contributed by atoms with Crippen LogP contribution in [0.15, 0.2) is 0 Å². The van der Waals surface area contributed by atoms with E-state index in [-0.39, 0.29) is 147 Å². The Morgan fingerprint density at radius 3 is 0.400 bits per heavy atom. The SMILES string of the molecule is I.I.I.I.[K]. The van der Waals surface area contributed by atoms with Gasteiger partial charge in [-0.25, -0.2) is 0 Å². The summed E-state index contributed by atoms with van der Waals surface area (Å²) in [5.74, 6) is 0. The van der Waals surface area contributed by atoms with Crippen molar-refractivity contribution < 1.29 is 0 Å². The molecule has 0 aliphatic rings. The fourth-order valence-electron chi connectivity index (χ4n) is 0. The zero-order valence-corrected chi connectivity index (χ0v) is 15.1. The number of rotatable bonds is 0. The summed E-state index contributed by atoms with van der Waals surface area (Å²) in [5.41, 5.74) is 0. The van der Waals surface area contributed by atoms with Crippen LogP contribution in [0.4, 0.5) is 0 Å². The molecule has 0 saturated heterocycles. The average Bonchev–Trinajstić information content (AvgIpc) is 0. The quantitative estimate of drug-likeness (QED) is 0.320. The third-order valence-corrected chi connectivity index (χ3v) is 0. The molecule has 1 radical (unpaired) electrons. The first-order chi connectivity index (χ1) is 0. The van der Waals surface area contributed by atoms with E-state index >= 15 is 0 Å². The Morgan fingerprint density at radius 1 is 0.400 bits per heavy atom. The summed E-state index contributed by atoms with van der Waals surface area (Å²) in [7, 11) is 0. The smallest absolute Gasteiger partial charge is 0 e. The Bertz CT molecular complexity index is 3.61. The molecule has 0 saturated carbocycles. The largest absolute Gasteiger partial charge is 0.107 e. The van der Waals surface area contributed by atoms with E-state index in [0.717, 1.165) is 0 Å². The molecule has 0 aliphatic heterocycles. The molecule has 0 amide bonds. The second-order valence-corrected chi connectivity index (χ2v) is 0. The van der Waals surface area contributed by atoms with Gasteiger partial charge in [-0.3, -0.25) is 0 Å². The maximum absolute atomic E-state index is 0. The maximum Gasteiger partial charge on any atom is 0 e. The van der Waals surface area contributed by atoms with Crippen molar-refractivity contribution in [3.05, 3.63) is 0 Å². The van der Waals surface area contributed by atoms with Crippen LogP contribution in [0.3, 0.4) is 0 Å². The normalized spacial score (nSPS) is 0. The first-order valence-electron chi connectivity index (χ1n) is 0. The van der Waals surface area contributed by atoms with Crippen molar-refractivity contribution in [2.45, 2.75) is 0 Å². The van der Waals surface area contributed by atoms with Crippen LogP contribution >= 0.6 is 95.9 Å². The van der Waals surface area contributed by atoms with E-state index in [0.29, 0.717) is 0 Å². The molecule has 0 aromatic heterocycles. The predicted octanol–water partition coefficient (Wildman–Crippen LogP) is 2.09. The molecule has 0 N–H and O–H groups in total. The molecule has 0 aromatic carbocycles. The van der Waals surface area contributed by atoms with Crippen LogP contribution in [0.5, 0.6) is 0 Å². The third-order valence-electron chi connectivity index (χ3n) is 0. The fraction of sp³-hybridized carbons (Fsp3) is 0. The van der Waals surface area contributed by atoms with E-state index < -0.39 is 0 Å². The van der Waals surface area contributed by atoms with E-state index in [1.807, 2.05) is 0 Å². The molecule has 33 valence electrons. The first kappa shape index (κ1) is 33.7. The van der Waals surface area contributed by atoms with E-state index in [9.17, 15) is 0 Å².